The minimum atomic E-state index is -1.01. The number of rotatable bonds is 8. The number of carbonyl (C=O) groups is 1. The summed E-state index contributed by atoms with van der Waals surface area (Å²) in [5.41, 5.74) is 1.22. The molecule has 4 aliphatic rings. The van der Waals surface area contributed by atoms with Crippen molar-refractivity contribution in [3.8, 4) is 0 Å². The molecule has 4 fully saturated rings. The van der Waals surface area contributed by atoms with E-state index in [1.165, 1.54) is 84.0 Å². The highest BCUT2D eigenvalue weighted by Gasteiger charge is 2.60. The van der Waals surface area contributed by atoms with E-state index in [4.69, 9.17) is 4.74 Å². The minimum absolute atomic E-state index is 0.369. The van der Waals surface area contributed by atoms with Gasteiger partial charge in [0.05, 0.1) is 6.61 Å². The van der Waals surface area contributed by atoms with Crippen LogP contribution in [0.15, 0.2) is 0 Å². The number of aliphatic hydroxyl groups is 1. The van der Waals surface area contributed by atoms with Crippen LogP contribution in [0.4, 0.5) is 0 Å². The van der Waals surface area contributed by atoms with Crippen LogP contribution in [-0.2, 0) is 9.53 Å². The Hall–Kier alpha value is -0.570. The molecule has 3 nitrogen and oxygen atoms in total. The van der Waals surface area contributed by atoms with E-state index >= 15 is 0 Å². The van der Waals surface area contributed by atoms with Crippen molar-refractivity contribution < 1.29 is 14.6 Å². The summed E-state index contributed by atoms with van der Waals surface area (Å²) in [4.78, 5) is 11.5. The topological polar surface area (TPSA) is 46.5 Å². The first-order valence-electron chi connectivity index (χ1n) is 14.5. The van der Waals surface area contributed by atoms with Gasteiger partial charge in [-0.25, -0.2) is 4.79 Å². The minimum Gasteiger partial charge on any atom is -0.463 e. The van der Waals surface area contributed by atoms with Gasteiger partial charge in [-0.05, 0) is 117 Å². The quantitative estimate of drug-likeness (QED) is 0.384. The Labute approximate surface area is 203 Å². The second-order valence-corrected chi connectivity index (χ2v) is 13.5. The van der Waals surface area contributed by atoms with Gasteiger partial charge in [0, 0.05) is 0 Å². The van der Waals surface area contributed by atoms with Crippen LogP contribution in [0.1, 0.15) is 118 Å². The average Bonchev–Trinajstić information content (AvgIpc) is 3.14. The number of hydrogen-bond donors (Lipinski definition) is 1. The summed E-state index contributed by atoms with van der Waals surface area (Å²) < 4.78 is 5.22. The van der Waals surface area contributed by atoms with Crippen molar-refractivity contribution in [3.05, 3.63) is 0 Å². The van der Waals surface area contributed by atoms with Gasteiger partial charge in [-0.2, -0.15) is 0 Å². The molecule has 0 amide bonds. The van der Waals surface area contributed by atoms with Gasteiger partial charge in [0.25, 0.3) is 0 Å². The Balaban J connectivity index is 1.30. The third-order valence-corrected chi connectivity index (χ3v) is 11.6. The summed E-state index contributed by atoms with van der Waals surface area (Å²) in [7, 11) is 0. The predicted molar refractivity (Wildman–Crippen MR) is 135 cm³/mol. The molecule has 1 N–H and O–H groups in total. The lowest BCUT2D eigenvalue weighted by molar-refractivity contribution is -0.153. The average molecular weight is 461 g/mol. The van der Waals surface area contributed by atoms with Gasteiger partial charge in [0.1, 0.15) is 6.10 Å². The van der Waals surface area contributed by atoms with E-state index in [1.54, 1.807) is 0 Å². The standard InChI is InChI=1S/C30H52O3/c1-20(19-33-28(32)22(3)31)9-8-10-21(2)25-14-15-26-24-13-12-23-11-6-7-17-29(23,4)27(24)16-18-30(25,26)5/h20-27,31H,6-19H2,1-5H3/t20?,21-,22?,23?,24+,25-,26+,27+,29+,30-/m1/s1. The fourth-order valence-corrected chi connectivity index (χ4v) is 9.69. The molecule has 4 aliphatic carbocycles. The molecular weight excluding hydrogens is 408 g/mol. The lowest BCUT2D eigenvalue weighted by Crippen LogP contribution is -2.53. The predicted octanol–water partition coefficient (Wildman–Crippen LogP) is 7.40. The van der Waals surface area contributed by atoms with Gasteiger partial charge in [-0.1, -0.05) is 53.4 Å². The highest BCUT2D eigenvalue weighted by molar-refractivity contribution is 5.73. The number of carbonyl (C=O) groups excluding carboxylic acids is 1. The zero-order valence-corrected chi connectivity index (χ0v) is 22.3. The van der Waals surface area contributed by atoms with E-state index in [2.05, 4.69) is 27.7 Å². The van der Waals surface area contributed by atoms with E-state index in [1.807, 2.05) is 0 Å². The maximum absolute atomic E-state index is 11.5. The SMILES string of the molecule is CC(CCC[C@@H](C)[C@H]1CC[C@H]2[C@@H]3CCC4CCCC[C@]4(C)[C@H]3CC[C@]12C)COC(=O)C(C)O. The molecule has 0 aliphatic heterocycles. The molecule has 190 valence electrons. The van der Waals surface area contributed by atoms with Crippen LogP contribution in [-0.4, -0.2) is 23.8 Å². The van der Waals surface area contributed by atoms with Crippen LogP contribution in [0.2, 0.25) is 0 Å². The molecule has 0 aromatic rings. The molecule has 0 aromatic heterocycles. The van der Waals surface area contributed by atoms with Crippen LogP contribution in [0, 0.1) is 52.3 Å². The fraction of sp³-hybridized carbons (Fsp3) is 0.967. The summed E-state index contributed by atoms with van der Waals surface area (Å²) in [6.07, 6.45) is 17.5. The molecular formula is C30H52O3. The van der Waals surface area contributed by atoms with Crippen LogP contribution in [0.3, 0.4) is 0 Å². The Kier molecular flexibility index (Phi) is 7.88. The van der Waals surface area contributed by atoms with E-state index in [-0.39, 0.29) is 0 Å². The number of hydrogen-bond acceptors (Lipinski definition) is 3. The van der Waals surface area contributed by atoms with Gasteiger partial charge in [0.15, 0.2) is 0 Å². The van der Waals surface area contributed by atoms with Gasteiger partial charge >= 0.3 is 5.97 Å². The molecule has 4 saturated carbocycles. The van der Waals surface area contributed by atoms with Crippen molar-refractivity contribution in [1.82, 2.24) is 0 Å². The van der Waals surface area contributed by atoms with E-state index < -0.39 is 12.1 Å². The van der Waals surface area contributed by atoms with Crippen LogP contribution >= 0.6 is 0 Å². The van der Waals surface area contributed by atoms with Crippen LogP contribution in [0.5, 0.6) is 0 Å². The number of aliphatic hydroxyl groups excluding tert-OH is 1. The number of fused-ring (bicyclic) bond motifs is 5. The van der Waals surface area contributed by atoms with Crippen molar-refractivity contribution in [3.63, 3.8) is 0 Å². The zero-order chi connectivity index (χ0) is 23.8. The monoisotopic (exact) mass is 460 g/mol. The smallest absolute Gasteiger partial charge is 0.334 e. The van der Waals surface area contributed by atoms with E-state index in [0.717, 1.165) is 41.9 Å². The van der Waals surface area contributed by atoms with Crippen molar-refractivity contribution >= 4 is 5.97 Å². The first kappa shape index (κ1) is 25.5. The normalized spacial score (nSPS) is 43.0. The highest BCUT2D eigenvalue weighted by Crippen LogP contribution is 2.68. The molecule has 33 heavy (non-hydrogen) atoms. The Bertz CT molecular complexity index is 673. The first-order valence-corrected chi connectivity index (χ1v) is 14.5. The van der Waals surface area contributed by atoms with E-state index in [9.17, 15) is 9.90 Å². The van der Waals surface area contributed by atoms with Gasteiger partial charge in [0.2, 0.25) is 0 Å². The van der Waals surface area contributed by atoms with Gasteiger partial charge in [-0.3, -0.25) is 0 Å². The molecule has 0 bridgehead atoms. The Morgan fingerprint density at radius 3 is 2.42 bits per heavy atom. The second kappa shape index (κ2) is 10.2. The molecule has 10 atom stereocenters. The maximum Gasteiger partial charge on any atom is 0.334 e. The lowest BCUT2D eigenvalue weighted by Gasteiger charge is -2.61. The molecule has 0 aromatic carbocycles. The summed E-state index contributed by atoms with van der Waals surface area (Å²) in [5, 5.41) is 9.29. The first-order chi connectivity index (χ1) is 15.7. The second-order valence-electron chi connectivity index (χ2n) is 13.5. The van der Waals surface area contributed by atoms with Crippen molar-refractivity contribution in [2.75, 3.05) is 6.61 Å². The molecule has 3 unspecified atom stereocenters. The molecule has 3 heteroatoms. The summed E-state index contributed by atoms with van der Waals surface area (Å²) in [6.45, 7) is 12.0. The largest absolute Gasteiger partial charge is 0.463 e. The summed E-state index contributed by atoms with van der Waals surface area (Å²) in [5.74, 6) is 5.57. The zero-order valence-electron chi connectivity index (χ0n) is 22.3. The molecule has 0 spiro atoms. The van der Waals surface area contributed by atoms with Crippen molar-refractivity contribution in [2.24, 2.45) is 52.3 Å². The third kappa shape index (κ3) is 4.91. The Morgan fingerprint density at radius 2 is 1.67 bits per heavy atom. The molecule has 4 rings (SSSR count). The number of ether oxygens (including phenoxy) is 1. The third-order valence-electron chi connectivity index (χ3n) is 11.6. The van der Waals surface area contributed by atoms with Gasteiger partial charge < -0.3 is 9.84 Å². The highest BCUT2D eigenvalue weighted by atomic mass is 16.5. The summed E-state index contributed by atoms with van der Waals surface area (Å²) in [6, 6.07) is 0. The van der Waals surface area contributed by atoms with E-state index in [0.29, 0.717) is 23.4 Å². The van der Waals surface area contributed by atoms with Gasteiger partial charge in [-0.15, -0.1) is 0 Å². The summed E-state index contributed by atoms with van der Waals surface area (Å²) >= 11 is 0. The van der Waals surface area contributed by atoms with Crippen molar-refractivity contribution in [1.29, 1.82) is 0 Å². The molecule has 0 radical (unpaired) electrons. The Morgan fingerprint density at radius 1 is 0.909 bits per heavy atom. The maximum atomic E-state index is 11.5. The lowest BCUT2D eigenvalue weighted by atomic mass is 9.44. The molecule has 0 saturated heterocycles. The van der Waals surface area contributed by atoms with Crippen molar-refractivity contribution in [2.45, 2.75) is 124 Å². The molecule has 0 heterocycles. The van der Waals surface area contributed by atoms with Crippen LogP contribution < -0.4 is 0 Å². The number of esters is 1. The fourth-order valence-electron chi connectivity index (χ4n) is 9.69. The van der Waals surface area contributed by atoms with Crippen LogP contribution in [0.25, 0.3) is 0 Å².